The van der Waals surface area contributed by atoms with Crippen molar-refractivity contribution in [2.45, 2.75) is 58.0 Å². The molecule has 0 bridgehead atoms. The van der Waals surface area contributed by atoms with Crippen LogP contribution in [0.2, 0.25) is 0 Å². The van der Waals surface area contributed by atoms with Crippen LogP contribution in [0.1, 0.15) is 45.6 Å². The van der Waals surface area contributed by atoms with Crippen molar-refractivity contribution < 1.29 is 12.6 Å². The van der Waals surface area contributed by atoms with Gasteiger partial charge in [-0.25, -0.2) is 0 Å². The van der Waals surface area contributed by atoms with Gasteiger partial charge in [0.25, 0.3) is 10.1 Å². The first-order valence-corrected chi connectivity index (χ1v) is 9.20. The van der Waals surface area contributed by atoms with Crippen molar-refractivity contribution in [1.82, 2.24) is 0 Å². The van der Waals surface area contributed by atoms with Gasteiger partial charge in [0, 0.05) is 0 Å². The van der Waals surface area contributed by atoms with E-state index in [9.17, 15) is 8.42 Å². The van der Waals surface area contributed by atoms with E-state index in [4.69, 9.17) is 4.18 Å². The molecular weight excluding hydrogens is 284 g/mol. The lowest BCUT2D eigenvalue weighted by molar-refractivity contribution is 0.0656. The lowest BCUT2D eigenvalue weighted by atomic mass is 9.76. The first kappa shape index (κ1) is 16.5. The van der Waals surface area contributed by atoms with Gasteiger partial charge in [-0.3, -0.25) is 4.18 Å². The summed E-state index contributed by atoms with van der Waals surface area (Å²) in [6.45, 7) is 8.43. The van der Waals surface area contributed by atoms with Crippen molar-refractivity contribution >= 4 is 10.1 Å². The predicted molar refractivity (Wildman–Crippen MR) is 84.6 cm³/mol. The highest BCUT2D eigenvalue weighted by Gasteiger charge is 2.33. The Morgan fingerprint density at radius 1 is 1.14 bits per heavy atom. The van der Waals surface area contributed by atoms with Gasteiger partial charge in [0.1, 0.15) is 0 Å². The van der Waals surface area contributed by atoms with E-state index >= 15 is 0 Å². The van der Waals surface area contributed by atoms with Gasteiger partial charge < -0.3 is 0 Å². The topological polar surface area (TPSA) is 43.4 Å². The van der Waals surface area contributed by atoms with Crippen LogP contribution in [0.15, 0.2) is 29.2 Å². The van der Waals surface area contributed by atoms with E-state index in [1.54, 1.807) is 24.3 Å². The van der Waals surface area contributed by atoms with Gasteiger partial charge in [-0.2, -0.15) is 8.42 Å². The highest BCUT2D eigenvalue weighted by Crippen LogP contribution is 2.36. The van der Waals surface area contributed by atoms with E-state index in [1.807, 2.05) is 6.92 Å². The third kappa shape index (κ3) is 4.07. The Hall–Kier alpha value is -0.870. The molecule has 0 aromatic heterocycles. The van der Waals surface area contributed by atoms with E-state index in [0.717, 1.165) is 18.4 Å². The molecule has 1 aliphatic rings. The molecule has 0 spiro atoms. The summed E-state index contributed by atoms with van der Waals surface area (Å²) in [5, 5.41) is 0. The zero-order valence-corrected chi connectivity index (χ0v) is 14.2. The summed E-state index contributed by atoms with van der Waals surface area (Å²) in [6, 6.07) is 6.85. The molecule has 118 valence electrons. The van der Waals surface area contributed by atoms with Crippen molar-refractivity contribution in [3.8, 4) is 0 Å². The first-order valence-electron chi connectivity index (χ1n) is 7.79. The molecular formula is C17H26O3S. The van der Waals surface area contributed by atoms with E-state index < -0.39 is 10.1 Å². The molecule has 1 fully saturated rings. The molecule has 0 heterocycles. The molecule has 1 aliphatic carbocycles. The summed E-state index contributed by atoms with van der Waals surface area (Å²) in [7, 11) is -3.66. The smallest absolute Gasteiger partial charge is 0.263 e. The van der Waals surface area contributed by atoms with Crippen LogP contribution in [0.4, 0.5) is 0 Å². The Morgan fingerprint density at radius 2 is 1.76 bits per heavy atom. The third-order valence-electron chi connectivity index (χ3n) is 4.67. The van der Waals surface area contributed by atoms with E-state index in [-0.39, 0.29) is 11.0 Å². The summed E-state index contributed by atoms with van der Waals surface area (Å²) in [4.78, 5) is 0.256. The Morgan fingerprint density at radius 3 is 2.33 bits per heavy atom. The van der Waals surface area contributed by atoms with Crippen LogP contribution in [0.3, 0.4) is 0 Å². The van der Waals surface area contributed by atoms with E-state index in [2.05, 4.69) is 20.8 Å². The summed E-state index contributed by atoms with van der Waals surface area (Å²) in [6.07, 6.45) is 2.85. The minimum atomic E-state index is -3.66. The quantitative estimate of drug-likeness (QED) is 0.784. The number of rotatable bonds is 4. The molecule has 3 nitrogen and oxygen atoms in total. The molecule has 2 rings (SSSR count). The van der Waals surface area contributed by atoms with Crippen molar-refractivity contribution in [1.29, 1.82) is 0 Å². The fourth-order valence-corrected chi connectivity index (χ4v) is 4.15. The van der Waals surface area contributed by atoms with Crippen molar-refractivity contribution in [2.75, 3.05) is 0 Å². The second kappa shape index (κ2) is 6.49. The van der Waals surface area contributed by atoms with Gasteiger partial charge in [-0.1, -0.05) is 38.5 Å². The van der Waals surface area contributed by atoms with Gasteiger partial charge in [0.15, 0.2) is 0 Å². The molecule has 0 aliphatic heterocycles. The van der Waals surface area contributed by atoms with Crippen molar-refractivity contribution in [3.05, 3.63) is 29.8 Å². The zero-order valence-electron chi connectivity index (χ0n) is 13.4. The lowest BCUT2D eigenvalue weighted by Gasteiger charge is -2.35. The number of benzene rings is 1. The van der Waals surface area contributed by atoms with Crippen LogP contribution < -0.4 is 0 Å². The molecule has 0 radical (unpaired) electrons. The van der Waals surface area contributed by atoms with Crippen LogP contribution >= 0.6 is 0 Å². The number of hydrogen-bond donors (Lipinski definition) is 0. The zero-order chi connectivity index (χ0) is 15.6. The number of hydrogen-bond acceptors (Lipinski definition) is 3. The fraction of sp³-hybridized carbons (Fsp3) is 0.647. The van der Waals surface area contributed by atoms with Gasteiger partial charge in [-0.05, 0) is 56.1 Å². The second-order valence-corrected chi connectivity index (χ2v) is 8.27. The molecule has 0 N–H and O–H groups in total. The molecule has 21 heavy (non-hydrogen) atoms. The molecule has 1 aromatic carbocycles. The van der Waals surface area contributed by atoms with Crippen molar-refractivity contribution in [3.63, 3.8) is 0 Å². The van der Waals surface area contributed by atoms with Crippen LogP contribution in [0.5, 0.6) is 0 Å². The Bertz CT molecular complexity index is 560. The summed E-state index contributed by atoms with van der Waals surface area (Å²) in [5.41, 5.74) is 1.04. The Labute approximate surface area is 128 Å². The minimum Gasteiger partial charge on any atom is -0.263 e. The summed E-state index contributed by atoms with van der Waals surface area (Å²) < 4.78 is 30.4. The molecule has 3 unspecified atom stereocenters. The summed E-state index contributed by atoms with van der Waals surface area (Å²) >= 11 is 0. The van der Waals surface area contributed by atoms with Crippen LogP contribution in [0, 0.1) is 24.7 Å². The van der Waals surface area contributed by atoms with Gasteiger partial charge in [0.2, 0.25) is 0 Å². The van der Waals surface area contributed by atoms with Gasteiger partial charge in [0.05, 0.1) is 11.0 Å². The standard InChI is InChI=1S/C17H26O3S/c1-12(2)15-8-7-14(4)17(11-15)20-21(18,19)16-9-5-13(3)6-10-16/h5-6,9-10,12,14-15,17H,7-8,11H2,1-4H3. The van der Waals surface area contributed by atoms with Gasteiger partial charge in [-0.15, -0.1) is 0 Å². The first-order chi connectivity index (χ1) is 9.79. The fourth-order valence-electron chi connectivity index (χ4n) is 2.97. The second-order valence-electron chi connectivity index (χ2n) is 6.70. The normalized spacial score (nSPS) is 27.0. The van der Waals surface area contributed by atoms with Crippen LogP contribution in [-0.4, -0.2) is 14.5 Å². The highest BCUT2D eigenvalue weighted by atomic mass is 32.2. The Kier molecular flexibility index (Phi) is 5.10. The monoisotopic (exact) mass is 310 g/mol. The maximum Gasteiger partial charge on any atom is 0.297 e. The Balaban J connectivity index is 2.13. The molecule has 1 aromatic rings. The predicted octanol–water partition coefficient (Wildman–Crippen LogP) is 4.16. The average Bonchev–Trinajstić information content (AvgIpc) is 2.41. The lowest BCUT2D eigenvalue weighted by Crippen LogP contribution is -2.33. The maximum atomic E-state index is 12.4. The number of aryl methyl sites for hydroxylation is 1. The van der Waals surface area contributed by atoms with E-state index in [0.29, 0.717) is 17.8 Å². The molecule has 4 heteroatoms. The molecule has 0 amide bonds. The SMILES string of the molecule is Cc1ccc(S(=O)(=O)OC2CC(C(C)C)CCC2C)cc1. The molecule has 1 saturated carbocycles. The third-order valence-corrected chi connectivity index (χ3v) is 6.02. The van der Waals surface area contributed by atoms with Gasteiger partial charge >= 0.3 is 0 Å². The largest absolute Gasteiger partial charge is 0.297 e. The maximum absolute atomic E-state index is 12.4. The van der Waals surface area contributed by atoms with Crippen LogP contribution in [-0.2, 0) is 14.3 Å². The molecule has 3 atom stereocenters. The minimum absolute atomic E-state index is 0.197. The van der Waals surface area contributed by atoms with E-state index in [1.165, 1.54) is 6.42 Å². The molecule has 0 saturated heterocycles. The van der Waals surface area contributed by atoms with Crippen LogP contribution in [0.25, 0.3) is 0 Å². The summed E-state index contributed by atoms with van der Waals surface area (Å²) in [5.74, 6) is 1.42. The van der Waals surface area contributed by atoms with Crippen molar-refractivity contribution in [2.24, 2.45) is 17.8 Å². The highest BCUT2D eigenvalue weighted by molar-refractivity contribution is 7.86. The average molecular weight is 310 g/mol.